The molecule has 2 aromatic rings. The van der Waals surface area contributed by atoms with E-state index in [-0.39, 0.29) is 0 Å². The van der Waals surface area contributed by atoms with E-state index in [0.29, 0.717) is 11.6 Å². The van der Waals surface area contributed by atoms with Gasteiger partial charge in [-0.2, -0.15) is 0 Å². The molecule has 0 fully saturated rings. The topological polar surface area (TPSA) is 81.7 Å². The molecule has 0 aliphatic rings. The van der Waals surface area contributed by atoms with Crippen LogP contribution in [-0.2, 0) is 6.42 Å². The number of hydrazine groups is 1. The third-order valence-electron chi connectivity index (χ3n) is 2.05. The van der Waals surface area contributed by atoms with E-state index in [1.54, 1.807) is 18.6 Å². The fourth-order valence-corrected chi connectivity index (χ4v) is 1.35. The van der Waals surface area contributed by atoms with Crippen molar-refractivity contribution in [3.05, 3.63) is 30.6 Å². The van der Waals surface area contributed by atoms with Crippen LogP contribution < -0.4 is 11.3 Å². The highest BCUT2D eigenvalue weighted by molar-refractivity contribution is 5.35. The van der Waals surface area contributed by atoms with E-state index in [1.165, 1.54) is 0 Å². The SMILES string of the molecule is CCc1nccn1-c1cncc(NN)n1. The molecule has 0 unspecified atom stereocenters. The van der Waals surface area contributed by atoms with Gasteiger partial charge in [-0.3, -0.25) is 9.55 Å². The van der Waals surface area contributed by atoms with Crippen molar-refractivity contribution in [1.82, 2.24) is 19.5 Å². The number of rotatable bonds is 3. The van der Waals surface area contributed by atoms with Gasteiger partial charge < -0.3 is 5.43 Å². The Morgan fingerprint density at radius 3 is 3.07 bits per heavy atom. The van der Waals surface area contributed by atoms with Crippen LogP contribution in [0.1, 0.15) is 12.7 Å². The van der Waals surface area contributed by atoms with Crippen LogP contribution >= 0.6 is 0 Å². The van der Waals surface area contributed by atoms with Gasteiger partial charge in [-0.1, -0.05) is 6.92 Å². The fourth-order valence-electron chi connectivity index (χ4n) is 1.35. The molecule has 6 heteroatoms. The molecule has 0 aromatic carbocycles. The van der Waals surface area contributed by atoms with E-state index in [0.717, 1.165) is 12.2 Å². The second-order valence-corrected chi connectivity index (χ2v) is 2.97. The maximum absolute atomic E-state index is 5.27. The van der Waals surface area contributed by atoms with Crippen molar-refractivity contribution < 1.29 is 0 Å². The van der Waals surface area contributed by atoms with Crippen molar-refractivity contribution in [1.29, 1.82) is 0 Å². The van der Waals surface area contributed by atoms with Gasteiger partial charge in [0.15, 0.2) is 11.6 Å². The molecule has 0 saturated heterocycles. The summed E-state index contributed by atoms with van der Waals surface area (Å²) >= 11 is 0. The van der Waals surface area contributed by atoms with Crippen molar-refractivity contribution >= 4 is 5.82 Å². The molecule has 0 radical (unpaired) electrons. The van der Waals surface area contributed by atoms with Gasteiger partial charge in [0.25, 0.3) is 0 Å². The summed E-state index contributed by atoms with van der Waals surface area (Å²) < 4.78 is 1.88. The van der Waals surface area contributed by atoms with Gasteiger partial charge in [0.05, 0.1) is 12.4 Å². The van der Waals surface area contributed by atoms with Crippen LogP contribution in [0.25, 0.3) is 5.82 Å². The first kappa shape index (κ1) is 9.60. The minimum Gasteiger partial charge on any atom is -0.307 e. The van der Waals surface area contributed by atoms with Gasteiger partial charge in [-0.15, -0.1) is 0 Å². The van der Waals surface area contributed by atoms with Gasteiger partial charge in [-0.25, -0.2) is 15.8 Å². The molecule has 2 aromatic heterocycles. The van der Waals surface area contributed by atoms with E-state index in [4.69, 9.17) is 5.84 Å². The number of aryl methyl sites for hydroxylation is 1. The zero-order chi connectivity index (χ0) is 10.7. The largest absolute Gasteiger partial charge is 0.307 e. The first-order valence-electron chi connectivity index (χ1n) is 4.66. The Morgan fingerprint density at radius 2 is 2.33 bits per heavy atom. The van der Waals surface area contributed by atoms with Gasteiger partial charge in [0.2, 0.25) is 0 Å². The number of nitrogens with two attached hydrogens (primary N) is 1. The van der Waals surface area contributed by atoms with Gasteiger partial charge >= 0.3 is 0 Å². The molecule has 0 amide bonds. The van der Waals surface area contributed by atoms with Crippen molar-refractivity contribution in [3.63, 3.8) is 0 Å². The highest BCUT2D eigenvalue weighted by atomic mass is 15.3. The number of aromatic nitrogens is 4. The Hall–Kier alpha value is -1.95. The van der Waals surface area contributed by atoms with Gasteiger partial charge in [-0.05, 0) is 0 Å². The Morgan fingerprint density at radius 1 is 1.47 bits per heavy atom. The number of anilines is 1. The molecule has 0 bridgehead atoms. The zero-order valence-electron chi connectivity index (χ0n) is 8.38. The summed E-state index contributed by atoms with van der Waals surface area (Å²) in [5.41, 5.74) is 2.46. The van der Waals surface area contributed by atoms with Gasteiger partial charge in [0, 0.05) is 18.8 Å². The third-order valence-corrected chi connectivity index (χ3v) is 2.05. The van der Waals surface area contributed by atoms with Crippen LogP contribution in [0.2, 0.25) is 0 Å². The van der Waals surface area contributed by atoms with E-state index in [9.17, 15) is 0 Å². The lowest BCUT2D eigenvalue weighted by molar-refractivity contribution is 0.860. The monoisotopic (exact) mass is 204 g/mol. The number of nitrogens with zero attached hydrogens (tertiary/aromatic N) is 4. The summed E-state index contributed by atoms with van der Waals surface area (Å²) in [5.74, 6) is 7.45. The average Bonchev–Trinajstić information content (AvgIpc) is 2.77. The molecule has 0 aliphatic heterocycles. The number of hydrogen-bond acceptors (Lipinski definition) is 5. The summed E-state index contributed by atoms with van der Waals surface area (Å²) in [6.07, 6.45) is 7.66. The highest BCUT2D eigenvalue weighted by Crippen LogP contribution is 2.09. The molecule has 2 rings (SSSR count). The zero-order valence-corrected chi connectivity index (χ0v) is 8.38. The molecule has 3 N–H and O–H groups in total. The normalized spacial score (nSPS) is 10.3. The van der Waals surface area contributed by atoms with Crippen LogP contribution in [0.15, 0.2) is 24.8 Å². The molecule has 0 aliphatic carbocycles. The Balaban J connectivity index is 2.44. The minimum absolute atomic E-state index is 0.531. The standard InChI is InChI=1S/C9H12N6/c1-2-8-12-3-4-15(8)9-6-11-5-7(13-9)14-10/h3-6H,2,10H2,1H3,(H,13,14). The van der Waals surface area contributed by atoms with Crippen LogP contribution in [0.3, 0.4) is 0 Å². The van der Waals surface area contributed by atoms with Gasteiger partial charge in [0.1, 0.15) is 5.82 Å². The predicted molar refractivity (Wildman–Crippen MR) is 56.3 cm³/mol. The van der Waals surface area contributed by atoms with E-state index < -0.39 is 0 Å². The lowest BCUT2D eigenvalue weighted by Crippen LogP contribution is -2.11. The number of nitrogen functional groups attached to an aromatic ring is 1. The van der Waals surface area contributed by atoms with Crippen LogP contribution in [0.4, 0.5) is 5.82 Å². The number of imidazole rings is 1. The Labute approximate surface area is 87.2 Å². The molecule has 0 atom stereocenters. The predicted octanol–water partition coefficient (Wildman–Crippen LogP) is 0.510. The molecular weight excluding hydrogens is 192 g/mol. The Bertz CT molecular complexity index is 449. The fraction of sp³-hybridized carbons (Fsp3) is 0.222. The van der Waals surface area contributed by atoms with Crippen molar-refractivity contribution in [3.8, 4) is 5.82 Å². The highest BCUT2D eigenvalue weighted by Gasteiger charge is 2.04. The van der Waals surface area contributed by atoms with Crippen LogP contribution in [0, 0.1) is 0 Å². The van der Waals surface area contributed by atoms with Crippen molar-refractivity contribution in [2.75, 3.05) is 5.43 Å². The quantitative estimate of drug-likeness (QED) is 0.562. The van der Waals surface area contributed by atoms with E-state index in [2.05, 4.69) is 20.4 Å². The first-order chi connectivity index (χ1) is 7.35. The molecular formula is C9H12N6. The smallest absolute Gasteiger partial charge is 0.160 e. The summed E-state index contributed by atoms with van der Waals surface area (Å²) in [7, 11) is 0. The molecule has 15 heavy (non-hydrogen) atoms. The molecule has 2 heterocycles. The molecule has 0 saturated carbocycles. The Kier molecular flexibility index (Phi) is 2.59. The summed E-state index contributed by atoms with van der Waals surface area (Å²) in [4.78, 5) is 12.5. The summed E-state index contributed by atoms with van der Waals surface area (Å²) in [5, 5.41) is 0. The third kappa shape index (κ3) is 1.79. The lowest BCUT2D eigenvalue weighted by Gasteiger charge is -2.06. The maximum atomic E-state index is 5.27. The first-order valence-corrected chi connectivity index (χ1v) is 4.66. The molecule has 78 valence electrons. The maximum Gasteiger partial charge on any atom is 0.160 e. The van der Waals surface area contributed by atoms with E-state index >= 15 is 0 Å². The summed E-state index contributed by atoms with van der Waals surface area (Å²) in [6, 6.07) is 0. The summed E-state index contributed by atoms with van der Waals surface area (Å²) in [6.45, 7) is 2.04. The van der Waals surface area contributed by atoms with E-state index in [1.807, 2.05) is 17.7 Å². The molecule has 6 nitrogen and oxygen atoms in total. The minimum atomic E-state index is 0.531. The van der Waals surface area contributed by atoms with Crippen molar-refractivity contribution in [2.45, 2.75) is 13.3 Å². The van der Waals surface area contributed by atoms with Crippen LogP contribution in [0.5, 0.6) is 0 Å². The second-order valence-electron chi connectivity index (χ2n) is 2.97. The van der Waals surface area contributed by atoms with Crippen molar-refractivity contribution in [2.24, 2.45) is 5.84 Å². The lowest BCUT2D eigenvalue weighted by atomic mass is 10.4. The second kappa shape index (κ2) is 4.05. The molecule has 0 spiro atoms. The van der Waals surface area contributed by atoms with Crippen LogP contribution in [-0.4, -0.2) is 19.5 Å². The average molecular weight is 204 g/mol. The number of hydrogen-bond donors (Lipinski definition) is 2. The number of nitrogens with one attached hydrogen (secondary N) is 1.